The van der Waals surface area contributed by atoms with Crippen LogP contribution in [0.3, 0.4) is 0 Å². The molecule has 18 heteroatoms. The lowest BCUT2D eigenvalue weighted by Crippen LogP contribution is -2.50. The summed E-state index contributed by atoms with van der Waals surface area (Å²) < 4.78 is 101. The standard InChI is InChI=1S/C22H21ClF5N5O6S/c1-9(22(26,27)28)29-20(35)21(36)33-6-10-8-39-16-15(19(34)30-11-3-4-12(24)13(25)5-11)32(2)18(23)17(16)40(37,38)31-14(10)7-33/h3-5,9-10,14,31H,6-8H2,1-2H3,(H,29,35)(H,30,34)/t9?,10-,14?/m0/s1. The van der Waals surface area contributed by atoms with E-state index in [1.54, 1.807) is 5.32 Å². The van der Waals surface area contributed by atoms with Crippen LogP contribution in [0, 0.1) is 17.6 Å². The van der Waals surface area contributed by atoms with E-state index in [2.05, 4.69) is 10.0 Å². The van der Waals surface area contributed by atoms with Crippen molar-refractivity contribution in [3.63, 3.8) is 0 Å². The third-order valence-electron chi connectivity index (χ3n) is 6.41. The zero-order valence-corrected chi connectivity index (χ0v) is 22.2. The number of hydrogen-bond acceptors (Lipinski definition) is 6. The van der Waals surface area contributed by atoms with Crippen molar-refractivity contribution in [2.24, 2.45) is 13.0 Å². The van der Waals surface area contributed by atoms with Crippen LogP contribution in [0.25, 0.3) is 0 Å². The number of hydrogen-bond donors (Lipinski definition) is 3. The van der Waals surface area contributed by atoms with Crippen molar-refractivity contribution >= 4 is 45.0 Å². The number of amides is 3. The average Bonchev–Trinajstić information content (AvgIpc) is 3.35. The number of carbonyl (C=O) groups is 3. The summed E-state index contributed by atoms with van der Waals surface area (Å²) >= 11 is 6.25. The zero-order chi connectivity index (χ0) is 29.7. The van der Waals surface area contributed by atoms with E-state index in [1.807, 2.05) is 0 Å². The fraction of sp³-hybridized carbons (Fsp3) is 0.409. The van der Waals surface area contributed by atoms with Gasteiger partial charge in [-0.25, -0.2) is 21.9 Å². The van der Waals surface area contributed by atoms with Gasteiger partial charge in [-0.05, 0) is 19.1 Å². The van der Waals surface area contributed by atoms with E-state index < -0.39 is 79.4 Å². The van der Waals surface area contributed by atoms with Gasteiger partial charge in [0.15, 0.2) is 28.0 Å². The van der Waals surface area contributed by atoms with Gasteiger partial charge in [-0.1, -0.05) is 11.6 Å². The fourth-order valence-corrected chi connectivity index (χ4v) is 6.28. The van der Waals surface area contributed by atoms with Crippen molar-refractivity contribution in [2.75, 3.05) is 25.0 Å². The molecule has 2 unspecified atom stereocenters. The molecule has 1 aromatic carbocycles. The van der Waals surface area contributed by atoms with Crippen LogP contribution in [0.4, 0.5) is 27.6 Å². The molecule has 2 aliphatic rings. The Bertz CT molecular complexity index is 1500. The normalized spacial score (nSPS) is 20.9. The predicted molar refractivity (Wildman–Crippen MR) is 128 cm³/mol. The van der Waals surface area contributed by atoms with Gasteiger partial charge in [0.2, 0.25) is 10.0 Å². The Morgan fingerprint density at radius 1 is 1.18 bits per heavy atom. The number of nitrogens with zero attached hydrogens (tertiary/aromatic N) is 2. The molecule has 0 aliphatic carbocycles. The van der Waals surface area contributed by atoms with E-state index >= 15 is 0 Å². The van der Waals surface area contributed by atoms with Crippen molar-refractivity contribution < 1.29 is 49.5 Å². The highest BCUT2D eigenvalue weighted by atomic mass is 35.5. The summed E-state index contributed by atoms with van der Waals surface area (Å²) in [6.07, 6.45) is -4.78. The molecule has 3 amide bonds. The molecule has 40 heavy (non-hydrogen) atoms. The molecule has 3 heterocycles. The smallest absolute Gasteiger partial charge is 0.408 e. The number of fused-ring (bicyclic) bond motifs is 2. The molecule has 2 aliphatic heterocycles. The highest BCUT2D eigenvalue weighted by Crippen LogP contribution is 2.40. The number of alkyl halides is 3. The van der Waals surface area contributed by atoms with Crippen molar-refractivity contribution in [2.45, 2.75) is 30.1 Å². The van der Waals surface area contributed by atoms with Crippen LogP contribution in [0.2, 0.25) is 5.15 Å². The minimum Gasteiger partial charge on any atom is -0.489 e. The SMILES string of the molecule is CC(NC(=O)C(=O)N1CC2NS(=O)(=O)c3c(c(C(=O)Nc4ccc(F)c(F)c4)n(C)c3Cl)OC[C@@H]2C1)C(F)(F)F. The lowest BCUT2D eigenvalue weighted by molar-refractivity contribution is -0.162. The zero-order valence-electron chi connectivity index (χ0n) is 20.6. The van der Waals surface area contributed by atoms with Gasteiger partial charge in [0.05, 0.1) is 6.61 Å². The van der Waals surface area contributed by atoms with Gasteiger partial charge in [-0.15, -0.1) is 0 Å². The van der Waals surface area contributed by atoms with Crippen molar-refractivity contribution in [3.05, 3.63) is 40.7 Å². The first-order chi connectivity index (χ1) is 18.5. The van der Waals surface area contributed by atoms with Gasteiger partial charge >= 0.3 is 18.0 Å². The maximum Gasteiger partial charge on any atom is 0.408 e. The molecule has 0 saturated carbocycles. The van der Waals surface area contributed by atoms with E-state index in [1.165, 1.54) is 7.05 Å². The fourth-order valence-electron chi connectivity index (χ4n) is 4.26. The topological polar surface area (TPSA) is 139 Å². The minimum absolute atomic E-state index is 0.148. The molecule has 1 saturated heterocycles. The summed E-state index contributed by atoms with van der Waals surface area (Å²) in [6.45, 7) is -0.252. The van der Waals surface area contributed by atoms with E-state index in [-0.39, 0.29) is 31.1 Å². The van der Waals surface area contributed by atoms with E-state index in [4.69, 9.17) is 16.3 Å². The van der Waals surface area contributed by atoms with Crippen molar-refractivity contribution in [3.8, 4) is 5.75 Å². The summed E-state index contributed by atoms with van der Waals surface area (Å²) in [5, 5.41) is 3.43. The second-order valence-corrected chi connectivity index (χ2v) is 11.2. The van der Waals surface area contributed by atoms with Gasteiger partial charge < -0.3 is 24.8 Å². The van der Waals surface area contributed by atoms with Gasteiger partial charge in [-0.2, -0.15) is 13.2 Å². The van der Waals surface area contributed by atoms with Crippen LogP contribution in [0.5, 0.6) is 5.75 Å². The second-order valence-electron chi connectivity index (χ2n) is 9.19. The number of nitrogens with one attached hydrogen (secondary N) is 3. The Morgan fingerprint density at radius 2 is 1.85 bits per heavy atom. The van der Waals surface area contributed by atoms with Crippen LogP contribution in [0.15, 0.2) is 23.1 Å². The molecule has 0 bridgehead atoms. The lowest BCUT2D eigenvalue weighted by Gasteiger charge is -2.23. The molecule has 3 N–H and O–H groups in total. The average molecular weight is 614 g/mol. The van der Waals surface area contributed by atoms with Crippen LogP contribution >= 0.6 is 11.6 Å². The first-order valence-corrected chi connectivity index (χ1v) is 13.3. The van der Waals surface area contributed by atoms with E-state index in [9.17, 15) is 44.8 Å². The molecule has 3 atom stereocenters. The van der Waals surface area contributed by atoms with E-state index in [0.29, 0.717) is 13.0 Å². The number of likely N-dealkylation sites (tertiary alicyclic amines) is 1. The number of halogens is 6. The van der Waals surface area contributed by atoms with E-state index in [0.717, 1.165) is 21.6 Å². The summed E-state index contributed by atoms with van der Waals surface area (Å²) in [5.74, 6) is -7.43. The van der Waals surface area contributed by atoms with Crippen molar-refractivity contribution in [1.82, 2.24) is 19.5 Å². The molecule has 0 spiro atoms. The number of aromatic nitrogens is 1. The molecule has 4 rings (SSSR count). The van der Waals surface area contributed by atoms with Gasteiger partial charge in [0.25, 0.3) is 5.91 Å². The second kappa shape index (κ2) is 10.5. The van der Waals surface area contributed by atoms with Crippen LogP contribution in [0.1, 0.15) is 17.4 Å². The van der Waals surface area contributed by atoms with Crippen LogP contribution < -0.4 is 20.1 Å². The molecule has 2 aromatic rings. The number of carbonyl (C=O) groups excluding carboxylic acids is 3. The highest BCUT2D eigenvalue weighted by Gasteiger charge is 2.45. The monoisotopic (exact) mass is 613 g/mol. The van der Waals surface area contributed by atoms with Crippen molar-refractivity contribution in [1.29, 1.82) is 0 Å². The summed E-state index contributed by atoms with van der Waals surface area (Å²) in [7, 11) is -3.25. The van der Waals surface area contributed by atoms with Crippen LogP contribution in [-0.2, 0) is 26.7 Å². The minimum atomic E-state index is -4.78. The number of anilines is 1. The summed E-state index contributed by atoms with van der Waals surface area (Å²) in [6, 6.07) is -0.748. The number of ether oxygens (including phenoxy) is 1. The Hall–Kier alpha value is -3.44. The molecule has 0 radical (unpaired) electrons. The lowest BCUT2D eigenvalue weighted by atomic mass is 10.1. The maximum absolute atomic E-state index is 13.6. The Kier molecular flexibility index (Phi) is 7.76. The Balaban J connectivity index is 1.58. The first-order valence-electron chi connectivity index (χ1n) is 11.5. The molecule has 218 valence electrons. The van der Waals surface area contributed by atoms with Gasteiger partial charge in [0, 0.05) is 43.9 Å². The summed E-state index contributed by atoms with van der Waals surface area (Å²) in [4.78, 5) is 37.9. The number of benzene rings is 1. The van der Waals surface area contributed by atoms with Gasteiger partial charge in [0.1, 0.15) is 11.2 Å². The Morgan fingerprint density at radius 3 is 2.48 bits per heavy atom. The third-order valence-corrected chi connectivity index (χ3v) is 8.49. The number of rotatable bonds is 3. The summed E-state index contributed by atoms with van der Waals surface area (Å²) in [5.41, 5.74) is -0.523. The molecule has 1 fully saturated rings. The van der Waals surface area contributed by atoms with Gasteiger partial charge in [-0.3, -0.25) is 14.4 Å². The molecular weight excluding hydrogens is 593 g/mol. The largest absolute Gasteiger partial charge is 0.489 e. The first kappa shape index (κ1) is 29.5. The predicted octanol–water partition coefficient (Wildman–Crippen LogP) is 1.77. The molecule has 11 nitrogen and oxygen atoms in total. The molecular formula is C22H21ClF5N5O6S. The quantitative estimate of drug-likeness (QED) is 0.356. The third kappa shape index (κ3) is 5.57. The number of sulfonamides is 1. The maximum atomic E-state index is 13.6. The molecule has 1 aromatic heterocycles. The Labute approximate surface area is 228 Å². The van der Waals surface area contributed by atoms with Crippen LogP contribution in [-0.4, -0.2) is 73.6 Å². The highest BCUT2D eigenvalue weighted by molar-refractivity contribution is 7.89.